The number of hydrogen-bond acceptors (Lipinski definition) is 6. The molecule has 1 N–H and O–H groups in total. The van der Waals surface area contributed by atoms with E-state index in [0.717, 1.165) is 16.8 Å². The lowest BCUT2D eigenvalue weighted by molar-refractivity contribution is -0.0440. The molecule has 0 radical (unpaired) electrons. The number of alkyl carbamates (subject to hydrolysis) is 1. The van der Waals surface area contributed by atoms with Crippen LogP contribution in [0.1, 0.15) is 39.5 Å². The maximum Gasteiger partial charge on any atom is 0.407 e. The Kier molecular flexibility index (Phi) is 6.71. The maximum absolute atomic E-state index is 11.8. The summed E-state index contributed by atoms with van der Waals surface area (Å²) in [5, 5.41) is 2.75. The largest absolute Gasteiger partial charge is 0.475 e. The number of rotatable bonds is 6. The molecule has 7 nitrogen and oxygen atoms in total. The molecule has 156 valence electrons. The van der Waals surface area contributed by atoms with E-state index < -0.39 is 11.7 Å². The quantitative estimate of drug-likeness (QED) is 0.787. The van der Waals surface area contributed by atoms with Crippen LogP contribution in [0.5, 0.6) is 5.88 Å². The predicted molar refractivity (Wildman–Crippen MR) is 109 cm³/mol. The number of ether oxygens (including phenoxy) is 4. The van der Waals surface area contributed by atoms with E-state index in [1.165, 1.54) is 0 Å². The van der Waals surface area contributed by atoms with Gasteiger partial charge in [0.25, 0.3) is 0 Å². The van der Waals surface area contributed by atoms with Crippen LogP contribution in [0.3, 0.4) is 0 Å². The van der Waals surface area contributed by atoms with Crippen molar-refractivity contribution >= 4 is 6.09 Å². The Hall–Kier alpha value is -2.64. The highest BCUT2D eigenvalue weighted by molar-refractivity contribution is 5.68. The van der Waals surface area contributed by atoms with E-state index in [1.54, 1.807) is 6.07 Å². The number of nitrogens with zero attached hydrogens (tertiary/aromatic N) is 1. The number of aromatic nitrogens is 1. The molecule has 1 aliphatic rings. The summed E-state index contributed by atoms with van der Waals surface area (Å²) in [5.41, 5.74) is 2.16. The monoisotopic (exact) mass is 400 g/mol. The maximum atomic E-state index is 11.8. The van der Waals surface area contributed by atoms with Gasteiger partial charge in [-0.2, -0.15) is 0 Å². The van der Waals surface area contributed by atoms with Gasteiger partial charge in [0, 0.05) is 17.2 Å². The van der Waals surface area contributed by atoms with Gasteiger partial charge in [-0.15, -0.1) is 0 Å². The van der Waals surface area contributed by atoms with Gasteiger partial charge in [-0.3, -0.25) is 0 Å². The predicted octanol–water partition coefficient (Wildman–Crippen LogP) is 4.09. The fourth-order valence-corrected chi connectivity index (χ4v) is 2.81. The number of pyridine rings is 1. The first-order valence-electron chi connectivity index (χ1n) is 9.73. The first-order valence-corrected chi connectivity index (χ1v) is 9.73. The number of hydrogen-bond donors (Lipinski definition) is 1. The Morgan fingerprint density at radius 2 is 1.93 bits per heavy atom. The molecule has 2 heterocycles. The van der Waals surface area contributed by atoms with Gasteiger partial charge in [-0.05, 0) is 39.8 Å². The van der Waals surface area contributed by atoms with Gasteiger partial charge >= 0.3 is 6.09 Å². The summed E-state index contributed by atoms with van der Waals surface area (Å²) in [7, 11) is 0. The lowest BCUT2D eigenvalue weighted by atomic mass is 10.1. The first-order chi connectivity index (χ1) is 13.8. The highest BCUT2D eigenvalue weighted by Gasteiger charge is 2.19. The van der Waals surface area contributed by atoms with Crippen molar-refractivity contribution in [3.63, 3.8) is 0 Å². The normalized spacial score (nSPS) is 15.7. The van der Waals surface area contributed by atoms with Crippen LogP contribution in [0.25, 0.3) is 11.3 Å². The summed E-state index contributed by atoms with van der Waals surface area (Å²) < 4.78 is 22.1. The summed E-state index contributed by atoms with van der Waals surface area (Å²) in [4.78, 5) is 16.4. The van der Waals surface area contributed by atoms with Crippen molar-refractivity contribution in [2.24, 2.45) is 0 Å². The molecule has 0 saturated carbocycles. The molecule has 0 aliphatic carbocycles. The zero-order valence-corrected chi connectivity index (χ0v) is 17.3. The zero-order chi connectivity index (χ0) is 20.9. The Bertz CT molecular complexity index is 828. The number of amides is 1. The van der Waals surface area contributed by atoms with Crippen LogP contribution < -0.4 is 10.1 Å². The molecule has 1 fully saturated rings. The molecule has 7 heteroatoms. The lowest BCUT2D eigenvalue weighted by Crippen LogP contribution is -2.40. The van der Waals surface area contributed by atoms with Gasteiger partial charge < -0.3 is 24.3 Å². The Morgan fingerprint density at radius 1 is 1.21 bits per heavy atom. The van der Waals surface area contributed by atoms with Gasteiger partial charge in [0.1, 0.15) is 12.2 Å². The lowest BCUT2D eigenvalue weighted by Gasteiger charge is -2.22. The third kappa shape index (κ3) is 6.44. The summed E-state index contributed by atoms with van der Waals surface area (Å²) >= 11 is 0. The molecule has 1 aliphatic heterocycles. The van der Waals surface area contributed by atoms with Gasteiger partial charge in [0.2, 0.25) is 5.88 Å². The first kappa shape index (κ1) is 21.1. The minimum absolute atomic E-state index is 0.227. The van der Waals surface area contributed by atoms with Crippen molar-refractivity contribution in [3.8, 4) is 17.1 Å². The van der Waals surface area contributed by atoms with Gasteiger partial charge in [0.05, 0.1) is 24.9 Å². The molecule has 1 aromatic carbocycles. The standard InChI is InChI=1S/C22H28N2O5/c1-15(23-21(25)29-22(2,3)4)14-28-19-10-6-9-18(24-19)16-7-5-8-17(13-16)20-26-11-12-27-20/h5-10,13,15,20H,11-12,14H2,1-4H3,(H,23,25). The molecule has 1 atom stereocenters. The highest BCUT2D eigenvalue weighted by atomic mass is 16.7. The van der Waals surface area contributed by atoms with Crippen molar-refractivity contribution in [2.75, 3.05) is 19.8 Å². The summed E-state index contributed by atoms with van der Waals surface area (Å²) in [6.45, 7) is 8.80. The van der Waals surface area contributed by atoms with E-state index in [-0.39, 0.29) is 18.9 Å². The smallest absolute Gasteiger partial charge is 0.407 e. The fourth-order valence-electron chi connectivity index (χ4n) is 2.81. The molecule has 1 saturated heterocycles. The van der Waals surface area contributed by atoms with Crippen molar-refractivity contribution in [2.45, 2.75) is 45.6 Å². The number of benzene rings is 1. The third-order valence-electron chi connectivity index (χ3n) is 4.04. The second kappa shape index (κ2) is 9.24. The van der Waals surface area contributed by atoms with Gasteiger partial charge in [-0.1, -0.05) is 24.3 Å². The van der Waals surface area contributed by atoms with E-state index >= 15 is 0 Å². The van der Waals surface area contributed by atoms with Crippen molar-refractivity contribution in [1.82, 2.24) is 10.3 Å². The van der Waals surface area contributed by atoms with Crippen LogP contribution in [-0.2, 0) is 14.2 Å². The van der Waals surface area contributed by atoms with Crippen LogP contribution >= 0.6 is 0 Å². The summed E-state index contributed by atoms with van der Waals surface area (Å²) in [6.07, 6.45) is -0.794. The Balaban J connectivity index is 1.60. The average Bonchev–Trinajstić information content (AvgIpc) is 3.20. The van der Waals surface area contributed by atoms with Crippen molar-refractivity contribution in [1.29, 1.82) is 0 Å². The molecule has 1 unspecified atom stereocenters. The molecule has 0 bridgehead atoms. The Morgan fingerprint density at radius 3 is 2.66 bits per heavy atom. The van der Waals surface area contributed by atoms with Crippen LogP contribution in [0.15, 0.2) is 42.5 Å². The molecule has 0 spiro atoms. The van der Waals surface area contributed by atoms with Crippen molar-refractivity contribution in [3.05, 3.63) is 48.0 Å². The second-order valence-corrected chi connectivity index (χ2v) is 7.92. The molecular formula is C22H28N2O5. The van der Waals surface area contributed by atoms with Crippen LogP contribution in [0, 0.1) is 0 Å². The number of nitrogens with one attached hydrogen (secondary N) is 1. The second-order valence-electron chi connectivity index (χ2n) is 7.92. The number of carbonyl (C=O) groups excluding carboxylic acids is 1. The topological polar surface area (TPSA) is 78.9 Å². The van der Waals surface area contributed by atoms with E-state index in [4.69, 9.17) is 18.9 Å². The number of carbonyl (C=O) groups is 1. The third-order valence-corrected chi connectivity index (χ3v) is 4.04. The Labute approximate surface area is 171 Å². The molecule has 3 rings (SSSR count). The molecule has 29 heavy (non-hydrogen) atoms. The van der Waals surface area contributed by atoms with E-state index in [2.05, 4.69) is 10.3 Å². The molecule has 2 aromatic rings. The van der Waals surface area contributed by atoms with Crippen LogP contribution in [0.4, 0.5) is 4.79 Å². The van der Waals surface area contributed by atoms with Gasteiger partial charge in [0.15, 0.2) is 6.29 Å². The van der Waals surface area contributed by atoms with Gasteiger partial charge in [-0.25, -0.2) is 9.78 Å². The zero-order valence-electron chi connectivity index (χ0n) is 17.3. The summed E-state index contributed by atoms with van der Waals surface area (Å²) in [6, 6.07) is 13.3. The SMILES string of the molecule is CC(COc1cccc(-c2cccc(C3OCCO3)c2)n1)NC(=O)OC(C)(C)C. The van der Waals surface area contributed by atoms with E-state index in [1.807, 2.05) is 64.1 Å². The van der Waals surface area contributed by atoms with E-state index in [0.29, 0.717) is 19.1 Å². The summed E-state index contributed by atoms with van der Waals surface area (Å²) in [5.74, 6) is 0.485. The fraction of sp³-hybridized carbons (Fsp3) is 0.455. The highest BCUT2D eigenvalue weighted by Crippen LogP contribution is 2.27. The van der Waals surface area contributed by atoms with E-state index in [9.17, 15) is 4.79 Å². The van der Waals surface area contributed by atoms with Crippen LogP contribution in [0.2, 0.25) is 0 Å². The van der Waals surface area contributed by atoms with Crippen molar-refractivity contribution < 1.29 is 23.7 Å². The molecular weight excluding hydrogens is 372 g/mol. The van der Waals surface area contributed by atoms with Crippen LogP contribution in [-0.4, -0.2) is 42.5 Å². The average molecular weight is 400 g/mol. The minimum Gasteiger partial charge on any atom is -0.475 e. The molecule has 1 amide bonds. The molecule has 1 aromatic heterocycles. The minimum atomic E-state index is -0.538.